The van der Waals surface area contributed by atoms with Crippen LogP contribution >= 0.6 is 0 Å². The van der Waals surface area contributed by atoms with Gasteiger partial charge in [0.05, 0.1) is 24.0 Å². The van der Waals surface area contributed by atoms with Crippen molar-refractivity contribution >= 4 is 22.8 Å². The van der Waals surface area contributed by atoms with Gasteiger partial charge < -0.3 is 19.4 Å². The number of furan rings is 1. The summed E-state index contributed by atoms with van der Waals surface area (Å²) in [4.78, 5) is 30.8. The molecule has 2 fully saturated rings. The Morgan fingerprint density at radius 1 is 1.38 bits per heavy atom. The average molecular weight is 395 g/mol. The van der Waals surface area contributed by atoms with Crippen LogP contribution in [0.15, 0.2) is 40.9 Å². The van der Waals surface area contributed by atoms with Crippen LogP contribution in [0.4, 0.5) is 4.39 Å². The van der Waals surface area contributed by atoms with Gasteiger partial charge in [-0.15, -0.1) is 0 Å². The number of aromatic nitrogens is 1. The second kappa shape index (κ2) is 6.30. The van der Waals surface area contributed by atoms with E-state index in [1.165, 1.54) is 6.07 Å². The standard InChI is InChI=1S/C21H18FN3O4/c1-12-18(19(26)25-11-21(25)6-7-23-20(21)27)16-8-15(4-5-17(16)29-12)28-10-14-3-2-13(22)9-24-14/h2-5,8-9H,6-7,10-11H2,1H3,(H,23,27). The summed E-state index contributed by atoms with van der Waals surface area (Å²) < 4.78 is 24.5. The summed E-state index contributed by atoms with van der Waals surface area (Å²) in [5.41, 5.74) is 0.909. The van der Waals surface area contributed by atoms with Crippen molar-refractivity contribution in [1.29, 1.82) is 0 Å². The molecular weight excluding hydrogens is 377 g/mol. The molecule has 1 aromatic carbocycles. The highest BCUT2D eigenvalue weighted by molar-refractivity contribution is 6.11. The van der Waals surface area contributed by atoms with Crippen molar-refractivity contribution in [3.05, 3.63) is 59.4 Å². The van der Waals surface area contributed by atoms with Gasteiger partial charge in [-0.25, -0.2) is 4.39 Å². The van der Waals surface area contributed by atoms with Crippen molar-refractivity contribution in [3.63, 3.8) is 0 Å². The minimum absolute atomic E-state index is 0.0906. The molecule has 3 aromatic rings. The van der Waals surface area contributed by atoms with E-state index in [0.29, 0.717) is 53.2 Å². The third kappa shape index (κ3) is 2.83. The number of pyridine rings is 1. The second-order valence-corrected chi connectivity index (χ2v) is 7.38. The molecule has 5 rings (SSSR count). The Bertz CT molecular complexity index is 1140. The van der Waals surface area contributed by atoms with E-state index >= 15 is 0 Å². The quantitative estimate of drug-likeness (QED) is 0.687. The zero-order valence-corrected chi connectivity index (χ0v) is 15.7. The molecule has 2 aliphatic heterocycles. The predicted octanol–water partition coefficient (Wildman–Crippen LogP) is 2.57. The fraction of sp³-hybridized carbons (Fsp3) is 0.286. The molecular formula is C21H18FN3O4. The van der Waals surface area contributed by atoms with Crippen molar-refractivity contribution in [2.75, 3.05) is 13.1 Å². The van der Waals surface area contributed by atoms with E-state index in [1.54, 1.807) is 36.1 Å². The molecule has 7 nitrogen and oxygen atoms in total. The molecule has 1 unspecified atom stereocenters. The first kappa shape index (κ1) is 17.7. The first-order valence-electron chi connectivity index (χ1n) is 9.35. The lowest BCUT2D eigenvalue weighted by molar-refractivity contribution is -0.121. The normalized spacial score (nSPS) is 20.3. The fourth-order valence-electron chi connectivity index (χ4n) is 3.90. The van der Waals surface area contributed by atoms with Gasteiger partial charge in [0.25, 0.3) is 5.91 Å². The summed E-state index contributed by atoms with van der Waals surface area (Å²) >= 11 is 0. The van der Waals surface area contributed by atoms with Crippen molar-refractivity contribution in [1.82, 2.24) is 15.2 Å². The monoisotopic (exact) mass is 395 g/mol. The molecule has 29 heavy (non-hydrogen) atoms. The number of fused-ring (bicyclic) bond motifs is 1. The van der Waals surface area contributed by atoms with Gasteiger partial charge in [0.2, 0.25) is 5.91 Å². The molecule has 0 aliphatic carbocycles. The molecule has 1 atom stereocenters. The zero-order valence-electron chi connectivity index (χ0n) is 15.7. The molecule has 2 amide bonds. The number of hydrogen-bond donors (Lipinski definition) is 1. The summed E-state index contributed by atoms with van der Waals surface area (Å²) in [6.45, 7) is 2.92. The molecule has 148 valence electrons. The molecule has 1 N–H and O–H groups in total. The van der Waals surface area contributed by atoms with Crippen LogP contribution in [0.1, 0.15) is 28.2 Å². The van der Waals surface area contributed by atoms with Crippen LogP contribution in [0.5, 0.6) is 5.75 Å². The van der Waals surface area contributed by atoms with E-state index in [0.717, 1.165) is 6.20 Å². The Kier molecular flexibility index (Phi) is 3.84. The maximum atomic E-state index is 13.1. The number of ether oxygens (including phenoxy) is 1. The van der Waals surface area contributed by atoms with Crippen LogP contribution in [0, 0.1) is 12.7 Å². The number of amides is 2. The topological polar surface area (TPSA) is 84.4 Å². The summed E-state index contributed by atoms with van der Waals surface area (Å²) in [5, 5.41) is 3.43. The second-order valence-electron chi connectivity index (χ2n) is 7.38. The van der Waals surface area contributed by atoms with Gasteiger partial charge >= 0.3 is 0 Å². The number of carbonyl (C=O) groups excluding carboxylic acids is 2. The van der Waals surface area contributed by atoms with E-state index in [9.17, 15) is 14.0 Å². The predicted molar refractivity (Wildman–Crippen MR) is 101 cm³/mol. The largest absolute Gasteiger partial charge is 0.487 e. The van der Waals surface area contributed by atoms with Crippen molar-refractivity contribution in [2.24, 2.45) is 0 Å². The maximum Gasteiger partial charge on any atom is 0.259 e. The summed E-state index contributed by atoms with van der Waals surface area (Å²) in [6.07, 6.45) is 1.77. The Hall–Kier alpha value is -3.42. The Balaban J connectivity index is 1.41. The van der Waals surface area contributed by atoms with Gasteiger partial charge in [-0.05, 0) is 43.7 Å². The SMILES string of the molecule is Cc1oc2ccc(OCc3ccc(F)cn3)cc2c1C(=O)N1CC12CCNC2=O. The minimum Gasteiger partial charge on any atom is -0.487 e. The van der Waals surface area contributed by atoms with Crippen molar-refractivity contribution in [3.8, 4) is 5.75 Å². The Labute approximate surface area is 165 Å². The highest BCUT2D eigenvalue weighted by Gasteiger charge is 2.63. The van der Waals surface area contributed by atoms with E-state index < -0.39 is 11.4 Å². The lowest BCUT2D eigenvalue weighted by Gasteiger charge is -2.09. The van der Waals surface area contributed by atoms with E-state index in [4.69, 9.17) is 9.15 Å². The van der Waals surface area contributed by atoms with E-state index in [2.05, 4.69) is 10.3 Å². The van der Waals surface area contributed by atoms with Crippen molar-refractivity contribution < 1.29 is 23.1 Å². The molecule has 2 aliphatic rings. The highest BCUT2D eigenvalue weighted by atomic mass is 19.1. The number of nitrogens with one attached hydrogen (secondary N) is 1. The molecule has 0 saturated carbocycles. The molecule has 2 saturated heterocycles. The number of halogens is 1. The van der Waals surface area contributed by atoms with Crippen LogP contribution in [0.2, 0.25) is 0 Å². The van der Waals surface area contributed by atoms with Crippen LogP contribution in [-0.2, 0) is 11.4 Å². The number of benzene rings is 1. The number of aryl methyl sites for hydroxylation is 1. The van der Waals surface area contributed by atoms with E-state index in [-0.39, 0.29) is 18.4 Å². The Morgan fingerprint density at radius 3 is 2.97 bits per heavy atom. The molecule has 1 spiro atoms. The molecule has 0 radical (unpaired) electrons. The molecule has 2 aromatic heterocycles. The van der Waals surface area contributed by atoms with Crippen LogP contribution in [0.25, 0.3) is 11.0 Å². The molecule has 8 heteroatoms. The summed E-state index contributed by atoms with van der Waals surface area (Å²) in [6, 6.07) is 8.11. The molecule has 4 heterocycles. The zero-order chi connectivity index (χ0) is 20.2. The van der Waals surface area contributed by atoms with Crippen LogP contribution in [0.3, 0.4) is 0 Å². The average Bonchev–Trinajstić information content (AvgIpc) is 3.20. The van der Waals surface area contributed by atoms with Crippen LogP contribution < -0.4 is 10.1 Å². The van der Waals surface area contributed by atoms with Gasteiger partial charge in [0.15, 0.2) is 0 Å². The molecule has 0 bridgehead atoms. The van der Waals surface area contributed by atoms with E-state index in [1.807, 2.05) is 0 Å². The first-order chi connectivity index (χ1) is 14.0. The highest BCUT2D eigenvalue weighted by Crippen LogP contribution is 2.42. The minimum atomic E-state index is -0.699. The van der Waals surface area contributed by atoms with Gasteiger partial charge in [0, 0.05) is 11.9 Å². The van der Waals surface area contributed by atoms with Gasteiger partial charge in [-0.1, -0.05) is 0 Å². The maximum absolute atomic E-state index is 13.1. The smallest absolute Gasteiger partial charge is 0.259 e. The van der Waals surface area contributed by atoms with Crippen LogP contribution in [-0.4, -0.2) is 40.3 Å². The lowest BCUT2D eigenvalue weighted by Crippen LogP contribution is -2.32. The fourth-order valence-corrected chi connectivity index (χ4v) is 3.90. The third-order valence-electron chi connectivity index (χ3n) is 5.55. The third-order valence-corrected chi connectivity index (χ3v) is 5.55. The van der Waals surface area contributed by atoms with Crippen molar-refractivity contribution in [2.45, 2.75) is 25.5 Å². The first-order valence-corrected chi connectivity index (χ1v) is 9.35. The van der Waals surface area contributed by atoms with Gasteiger partial charge in [-0.3, -0.25) is 14.6 Å². The summed E-state index contributed by atoms with van der Waals surface area (Å²) in [5.74, 6) is 0.333. The summed E-state index contributed by atoms with van der Waals surface area (Å²) in [7, 11) is 0. The number of nitrogens with zero attached hydrogens (tertiary/aromatic N) is 2. The Morgan fingerprint density at radius 2 is 2.24 bits per heavy atom. The lowest BCUT2D eigenvalue weighted by atomic mass is 10.1. The number of rotatable bonds is 4. The number of carbonyl (C=O) groups is 2. The number of hydrogen-bond acceptors (Lipinski definition) is 5. The van der Waals surface area contributed by atoms with Gasteiger partial charge in [-0.2, -0.15) is 0 Å². The van der Waals surface area contributed by atoms with Gasteiger partial charge in [0.1, 0.15) is 35.1 Å².